The van der Waals surface area contributed by atoms with Crippen molar-refractivity contribution in [3.8, 4) is 17.2 Å². The normalized spacial score (nSPS) is 19.0. The quantitative estimate of drug-likeness (QED) is 0.0914. The molecule has 5 heterocycles. The minimum absolute atomic E-state index is 0.0183. The molecule has 5 aromatic rings. The van der Waals surface area contributed by atoms with Gasteiger partial charge in [-0.1, -0.05) is 43.2 Å². The standard InChI is InChI=1S/C46H48ClN7O9S/c1-46(2)11-9-32(39(24-46)30-3-5-33(47)6-4-30)27-51-13-15-52(16-14-51)34-7-8-37(42(21-34)63-35-20-31-10-12-48-43(31)49-25-35)44(55)50-64(59,60)36-22-40(54(57)58)38-19-29(28-62-41(38)23-36)26-53-17-18-61-45(53)56/h3-8,10,12,20-23,25,29H,9,11,13-19,24,26-28H2,1-2H3,(H,48,49)(H,50,55)/t29-/m1/s1. The van der Waals surface area contributed by atoms with Crippen molar-refractivity contribution >= 4 is 61.6 Å². The summed E-state index contributed by atoms with van der Waals surface area (Å²) in [7, 11) is -4.68. The van der Waals surface area contributed by atoms with Gasteiger partial charge in [0.05, 0.1) is 40.3 Å². The van der Waals surface area contributed by atoms with Crippen LogP contribution in [0.25, 0.3) is 16.6 Å². The average molecular weight is 910 g/mol. The van der Waals surface area contributed by atoms with Gasteiger partial charge in [-0.15, -0.1) is 0 Å². The molecule has 18 heteroatoms. The van der Waals surface area contributed by atoms with Gasteiger partial charge in [-0.05, 0) is 78.6 Å². The summed E-state index contributed by atoms with van der Waals surface area (Å²) >= 11 is 6.24. The van der Waals surface area contributed by atoms with Crippen LogP contribution in [0.1, 0.15) is 54.6 Å². The molecule has 0 unspecified atom stereocenters. The molecule has 9 rings (SSSR count). The number of hydrogen-bond donors (Lipinski definition) is 2. The van der Waals surface area contributed by atoms with Gasteiger partial charge in [0.25, 0.3) is 21.6 Å². The van der Waals surface area contributed by atoms with Crippen LogP contribution in [0, 0.1) is 21.4 Å². The maximum atomic E-state index is 14.0. The molecule has 2 amide bonds. The number of carbonyl (C=O) groups is 2. The number of piperazine rings is 1. The number of hydrogen-bond acceptors (Lipinski definition) is 12. The third-order valence-corrected chi connectivity index (χ3v) is 14.1. The molecule has 2 fully saturated rings. The van der Waals surface area contributed by atoms with Gasteiger partial charge in [0, 0.05) is 85.7 Å². The summed E-state index contributed by atoms with van der Waals surface area (Å²) in [6.07, 6.45) is 6.13. The van der Waals surface area contributed by atoms with Crippen molar-refractivity contribution in [1.29, 1.82) is 0 Å². The Hall–Kier alpha value is -6.17. The fraction of sp³-hybridized carbons (Fsp3) is 0.370. The van der Waals surface area contributed by atoms with E-state index < -0.39 is 37.5 Å². The molecule has 4 aliphatic rings. The predicted octanol–water partition coefficient (Wildman–Crippen LogP) is 7.82. The highest BCUT2D eigenvalue weighted by Crippen LogP contribution is 2.44. The Kier molecular flexibility index (Phi) is 11.7. The topological polar surface area (TPSA) is 190 Å². The van der Waals surface area contributed by atoms with E-state index in [2.05, 4.69) is 50.5 Å². The molecule has 1 aliphatic carbocycles. The number of amides is 2. The number of sulfonamides is 1. The predicted molar refractivity (Wildman–Crippen MR) is 241 cm³/mol. The van der Waals surface area contributed by atoms with Gasteiger partial charge in [0.15, 0.2) is 0 Å². The Bertz CT molecular complexity index is 2790. The number of allylic oxidation sites excluding steroid dienone is 1. The summed E-state index contributed by atoms with van der Waals surface area (Å²) in [5.41, 5.74) is 5.38. The first-order chi connectivity index (χ1) is 30.7. The van der Waals surface area contributed by atoms with E-state index in [-0.39, 0.29) is 60.1 Å². The van der Waals surface area contributed by atoms with Crippen molar-refractivity contribution < 1.29 is 37.1 Å². The molecule has 0 saturated carbocycles. The van der Waals surface area contributed by atoms with Gasteiger partial charge in [-0.3, -0.25) is 19.8 Å². The van der Waals surface area contributed by atoms with E-state index in [1.54, 1.807) is 24.4 Å². The largest absolute Gasteiger partial charge is 0.493 e. The SMILES string of the molecule is CC1(C)CCC(CN2CCN(c3ccc(C(=O)NS(=O)(=O)c4cc5c(c([N+](=O)[O-])c4)C[C@H](CN4CCOC4=O)CO5)c(Oc4cnc5[nH]ccc5c4)c3)CC2)=C(c2ccc(Cl)cc2)C1. The number of carbonyl (C=O) groups excluding carboxylic acids is 2. The van der Waals surface area contributed by atoms with Crippen LogP contribution in [0.5, 0.6) is 17.2 Å². The molecule has 64 heavy (non-hydrogen) atoms. The summed E-state index contributed by atoms with van der Waals surface area (Å²) in [4.78, 5) is 50.8. The Labute approximate surface area is 375 Å². The van der Waals surface area contributed by atoms with Crippen LogP contribution in [-0.2, 0) is 21.2 Å². The number of halogens is 1. The lowest BCUT2D eigenvalue weighted by Crippen LogP contribution is -2.47. The molecule has 2 N–H and O–H groups in total. The number of ether oxygens (including phenoxy) is 3. The number of nitro benzene ring substituents is 1. The van der Waals surface area contributed by atoms with Crippen LogP contribution < -0.4 is 19.1 Å². The van der Waals surface area contributed by atoms with Crippen molar-refractivity contribution in [3.63, 3.8) is 0 Å². The average Bonchev–Trinajstić information content (AvgIpc) is 3.92. The lowest BCUT2D eigenvalue weighted by molar-refractivity contribution is -0.386. The second-order valence-electron chi connectivity index (χ2n) is 17.6. The van der Waals surface area contributed by atoms with Crippen molar-refractivity contribution in [2.75, 3.05) is 63.9 Å². The van der Waals surface area contributed by atoms with Crippen LogP contribution >= 0.6 is 11.6 Å². The number of anilines is 1. The second kappa shape index (κ2) is 17.4. The second-order valence-corrected chi connectivity index (χ2v) is 19.7. The molecular formula is C46H48ClN7O9S. The molecule has 2 saturated heterocycles. The maximum Gasteiger partial charge on any atom is 0.409 e. The first-order valence-corrected chi connectivity index (χ1v) is 23.2. The molecular weight excluding hydrogens is 862 g/mol. The van der Waals surface area contributed by atoms with Crippen molar-refractivity contribution in [1.82, 2.24) is 24.5 Å². The number of cyclic esters (lactones) is 1. The number of nitrogens with one attached hydrogen (secondary N) is 2. The van der Waals surface area contributed by atoms with Gasteiger partial charge in [-0.25, -0.2) is 22.9 Å². The number of pyridine rings is 1. The van der Waals surface area contributed by atoms with Crippen LogP contribution in [0.2, 0.25) is 5.02 Å². The Morgan fingerprint density at radius 3 is 2.59 bits per heavy atom. The van der Waals surface area contributed by atoms with E-state index in [4.69, 9.17) is 25.8 Å². The zero-order chi connectivity index (χ0) is 44.8. The number of aromatic nitrogens is 2. The molecule has 1 atom stereocenters. The summed E-state index contributed by atoms with van der Waals surface area (Å²) in [5.74, 6) is -0.835. The Morgan fingerprint density at radius 1 is 1.05 bits per heavy atom. The van der Waals surface area contributed by atoms with Crippen LogP contribution in [0.3, 0.4) is 0 Å². The fourth-order valence-corrected chi connectivity index (χ4v) is 10.2. The zero-order valence-corrected chi connectivity index (χ0v) is 37.0. The first-order valence-electron chi connectivity index (χ1n) is 21.3. The molecule has 16 nitrogen and oxygen atoms in total. The molecule has 0 bridgehead atoms. The summed E-state index contributed by atoms with van der Waals surface area (Å²) in [6, 6.07) is 18.8. The van der Waals surface area contributed by atoms with E-state index >= 15 is 0 Å². The van der Waals surface area contributed by atoms with Gasteiger partial charge >= 0.3 is 6.09 Å². The highest BCUT2D eigenvalue weighted by atomic mass is 35.5. The highest BCUT2D eigenvalue weighted by molar-refractivity contribution is 7.90. The van der Waals surface area contributed by atoms with Crippen LogP contribution in [0.4, 0.5) is 16.2 Å². The molecule has 3 aromatic carbocycles. The van der Waals surface area contributed by atoms with Gasteiger partial charge in [-0.2, -0.15) is 0 Å². The number of H-pyrrole nitrogens is 1. The Balaban J connectivity index is 0.942. The number of rotatable bonds is 12. The first kappa shape index (κ1) is 43.1. The smallest absolute Gasteiger partial charge is 0.409 e. The van der Waals surface area contributed by atoms with E-state index in [9.17, 15) is 28.1 Å². The summed E-state index contributed by atoms with van der Waals surface area (Å²) in [6.45, 7) is 9.56. The minimum atomic E-state index is -4.68. The van der Waals surface area contributed by atoms with Crippen molar-refractivity contribution in [2.45, 2.75) is 44.4 Å². The van der Waals surface area contributed by atoms with E-state index in [1.165, 1.54) is 39.9 Å². The number of nitro groups is 1. The monoisotopic (exact) mass is 909 g/mol. The molecule has 334 valence electrons. The van der Waals surface area contributed by atoms with Gasteiger partial charge in [0.2, 0.25) is 0 Å². The highest BCUT2D eigenvalue weighted by Gasteiger charge is 2.35. The van der Waals surface area contributed by atoms with Crippen molar-refractivity contribution in [3.05, 3.63) is 117 Å². The third kappa shape index (κ3) is 9.23. The maximum absolute atomic E-state index is 14.0. The summed E-state index contributed by atoms with van der Waals surface area (Å²) in [5, 5.41) is 13.8. The minimum Gasteiger partial charge on any atom is -0.493 e. The summed E-state index contributed by atoms with van der Waals surface area (Å²) < 4.78 is 47.1. The Morgan fingerprint density at radius 2 is 1.84 bits per heavy atom. The third-order valence-electron chi connectivity index (χ3n) is 12.5. The van der Waals surface area contributed by atoms with Crippen LogP contribution in [-0.4, -0.2) is 104 Å². The zero-order valence-electron chi connectivity index (χ0n) is 35.5. The van der Waals surface area contributed by atoms with E-state index in [1.807, 2.05) is 18.2 Å². The van der Waals surface area contributed by atoms with Crippen molar-refractivity contribution in [2.24, 2.45) is 11.3 Å². The fourth-order valence-electron chi connectivity index (χ4n) is 9.05. The number of aromatic amines is 1. The van der Waals surface area contributed by atoms with Gasteiger partial charge in [0.1, 0.15) is 29.5 Å². The van der Waals surface area contributed by atoms with Gasteiger partial charge < -0.3 is 29.0 Å². The molecule has 0 radical (unpaired) electrons. The lowest BCUT2D eigenvalue weighted by atomic mass is 9.72. The molecule has 2 aromatic heterocycles. The number of benzene rings is 3. The lowest BCUT2D eigenvalue weighted by Gasteiger charge is -2.39. The van der Waals surface area contributed by atoms with E-state index in [0.29, 0.717) is 31.0 Å². The number of fused-ring (bicyclic) bond motifs is 2. The van der Waals surface area contributed by atoms with Crippen LogP contribution in [0.15, 0.2) is 89.6 Å². The molecule has 3 aliphatic heterocycles. The molecule has 0 spiro atoms. The van der Waals surface area contributed by atoms with E-state index in [0.717, 1.165) is 61.1 Å². The number of nitrogens with zero attached hydrogens (tertiary/aromatic N) is 5.